The van der Waals surface area contributed by atoms with Gasteiger partial charge < -0.3 is 9.64 Å². The van der Waals surface area contributed by atoms with E-state index in [1.807, 2.05) is 52.0 Å². The zero-order valence-corrected chi connectivity index (χ0v) is 11.5. The van der Waals surface area contributed by atoms with Crippen LogP contribution < -0.4 is 9.64 Å². The minimum Gasteiger partial charge on any atom is -0.497 e. The summed E-state index contributed by atoms with van der Waals surface area (Å²) < 4.78 is 5.02. The molecule has 0 radical (unpaired) electrons. The van der Waals surface area contributed by atoms with E-state index in [4.69, 9.17) is 4.74 Å². The average molecular weight is 237 g/mol. The summed E-state index contributed by atoms with van der Waals surface area (Å²) in [5.41, 5.74) is 0.956. The van der Waals surface area contributed by atoms with Crippen LogP contribution in [0.2, 0.25) is 0 Å². The zero-order chi connectivity index (χ0) is 13.3. The normalized spacial score (nSPS) is 12.5. The number of nitrogens with zero attached hydrogens (tertiary/aromatic N) is 1. The number of methoxy groups -OCH3 is 1. The number of rotatable bonds is 2. The molecule has 2 rings (SSSR count). The van der Waals surface area contributed by atoms with E-state index >= 15 is 0 Å². The Morgan fingerprint density at radius 1 is 1.06 bits per heavy atom. The van der Waals surface area contributed by atoms with Crippen molar-refractivity contribution in [2.45, 2.75) is 34.1 Å². The number of benzene rings is 1. The standard InChI is InChI=1S/C10H11NO2.2C2H6/c1-13-9-4-2-8(3-5-9)11-7-6-10(11)12;2*1-2/h2-5H,6-7H2,1H3;2*1-2H3. The Morgan fingerprint density at radius 3 is 1.88 bits per heavy atom. The molecule has 0 atom stereocenters. The summed E-state index contributed by atoms with van der Waals surface area (Å²) in [4.78, 5) is 12.8. The SMILES string of the molecule is CC.CC.COc1ccc(N2CCC2=O)cc1. The fraction of sp³-hybridized carbons (Fsp3) is 0.500. The largest absolute Gasteiger partial charge is 0.497 e. The van der Waals surface area contributed by atoms with Gasteiger partial charge in [-0.2, -0.15) is 0 Å². The number of ether oxygens (including phenoxy) is 1. The molecule has 0 aromatic heterocycles. The third-order valence-corrected chi connectivity index (χ3v) is 2.23. The van der Waals surface area contributed by atoms with Crippen molar-refractivity contribution in [1.29, 1.82) is 0 Å². The van der Waals surface area contributed by atoms with Crippen molar-refractivity contribution in [2.75, 3.05) is 18.6 Å². The molecule has 1 amide bonds. The highest BCUT2D eigenvalue weighted by Crippen LogP contribution is 2.23. The van der Waals surface area contributed by atoms with Gasteiger partial charge >= 0.3 is 0 Å². The first-order chi connectivity index (χ1) is 8.31. The molecular weight excluding hydrogens is 214 g/mol. The summed E-state index contributed by atoms with van der Waals surface area (Å²) in [7, 11) is 1.63. The first-order valence-corrected chi connectivity index (χ1v) is 6.25. The van der Waals surface area contributed by atoms with E-state index in [1.54, 1.807) is 12.0 Å². The molecule has 0 saturated carbocycles. The van der Waals surface area contributed by atoms with Crippen molar-refractivity contribution in [3.8, 4) is 5.75 Å². The number of hydrogen-bond donors (Lipinski definition) is 0. The number of carbonyl (C=O) groups excluding carboxylic acids is 1. The molecule has 1 aromatic carbocycles. The van der Waals surface area contributed by atoms with Gasteiger partial charge in [0, 0.05) is 18.7 Å². The van der Waals surface area contributed by atoms with Crippen LogP contribution in [0.25, 0.3) is 0 Å². The summed E-state index contributed by atoms with van der Waals surface area (Å²) >= 11 is 0. The van der Waals surface area contributed by atoms with Gasteiger partial charge in [-0.25, -0.2) is 0 Å². The first-order valence-electron chi connectivity index (χ1n) is 6.25. The van der Waals surface area contributed by atoms with Crippen LogP contribution in [0.1, 0.15) is 34.1 Å². The number of amides is 1. The van der Waals surface area contributed by atoms with Gasteiger partial charge in [0.15, 0.2) is 0 Å². The Labute approximate surface area is 104 Å². The van der Waals surface area contributed by atoms with E-state index in [0.717, 1.165) is 18.0 Å². The molecule has 1 aliphatic heterocycles. The minimum absolute atomic E-state index is 0.199. The highest BCUT2D eigenvalue weighted by Gasteiger charge is 2.24. The van der Waals surface area contributed by atoms with Crippen LogP contribution in [0.15, 0.2) is 24.3 Å². The monoisotopic (exact) mass is 237 g/mol. The predicted octanol–water partition coefficient (Wildman–Crippen LogP) is 3.48. The van der Waals surface area contributed by atoms with Crippen LogP contribution in [0, 0.1) is 0 Å². The van der Waals surface area contributed by atoms with Gasteiger partial charge in [0.05, 0.1) is 7.11 Å². The summed E-state index contributed by atoms with van der Waals surface area (Å²) in [6, 6.07) is 7.52. The maximum Gasteiger partial charge on any atom is 0.228 e. The van der Waals surface area contributed by atoms with Crippen LogP contribution in [-0.4, -0.2) is 19.6 Å². The van der Waals surface area contributed by atoms with Gasteiger partial charge in [0.25, 0.3) is 0 Å². The molecule has 1 heterocycles. The van der Waals surface area contributed by atoms with E-state index in [2.05, 4.69) is 0 Å². The Kier molecular flexibility index (Phi) is 7.85. The van der Waals surface area contributed by atoms with Crippen LogP contribution >= 0.6 is 0 Å². The summed E-state index contributed by atoms with van der Waals surface area (Å²) in [5, 5.41) is 0. The second-order valence-electron chi connectivity index (χ2n) is 2.99. The fourth-order valence-electron chi connectivity index (χ4n) is 1.35. The van der Waals surface area contributed by atoms with E-state index in [0.29, 0.717) is 6.42 Å². The molecule has 0 spiro atoms. The van der Waals surface area contributed by atoms with Crippen molar-refractivity contribution < 1.29 is 9.53 Å². The molecule has 0 bridgehead atoms. The van der Waals surface area contributed by atoms with E-state index in [-0.39, 0.29) is 5.91 Å². The van der Waals surface area contributed by atoms with E-state index in [9.17, 15) is 4.79 Å². The number of hydrogen-bond acceptors (Lipinski definition) is 2. The molecule has 96 valence electrons. The molecule has 3 nitrogen and oxygen atoms in total. The zero-order valence-electron chi connectivity index (χ0n) is 11.5. The predicted molar refractivity (Wildman–Crippen MR) is 72.7 cm³/mol. The summed E-state index contributed by atoms with van der Waals surface area (Å²) in [6.45, 7) is 8.84. The molecule has 1 aliphatic rings. The minimum atomic E-state index is 0.199. The van der Waals surface area contributed by atoms with Gasteiger partial charge in [0.2, 0.25) is 5.91 Å². The van der Waals surface area contributed by atoms with Crippen molar-refractivity contribution in [3.05, 3.63) is 24.3 Å². The van der Waals surface area contributed by atoms with Crippen LogP contribution in [0.4, 0.5) is 5.69 Å². The Balaban J connectivity index is 0.000000581. The third-order valence-electron chi connectivity index (χ3n) is 2.23. The molecule has 17 heavy (non-hydrogen) atoms. The Morgan fingerprint density at radius 2 is 1.59 bits per heavy atom. The van der Waals surface area contributed by atoms with Crippen LogP contribution in [-0.2, 0) is 4.79 Å². The lowest BCUT2D eigenvalue weighted by Gasteiger charge is -2.30. The number of carbonyl (C=O) groups is 1. The molecule has 1 fully saturated rings. The molecule has 1 saturated heterocycles. The molecule has 0 aliphatic carbocycles. The van der Waals surface area contributed by atoms with Crippen molar-refractivity contribution in [3.63, 3.8) is 0 Å². The van der Waals surface area contributed by atoms with Gasteiger partial charge in [-0.3, -0.25) is 4.79 Å². The maximum atomic E-state index is 11.1. The van der Waals surface area contributed by atoms with Crippen molar-refractivity contribution in [2.24, 2.45) is 0 Å². The molecular formula is C14H23NO2. The van der Waals surface area contributed by atoms with Crippen LogP contribution in [0.5, 0.6) is 5.75 Å². The van der Waals surface area contributed by atoms with Gasteiger partial charge in [-0.15, -0.1) is 0 Å². The summed E-state index contributed by atoms with van der Waals surface area (Å²) in [6.07, 6.45) is 0.673. The highest BCUT2D eigenvalue weighted by atomic mass is 16.5. The lowest BCUT2D eigenvalue weighted by atomic mass is 10.1. The van der Waals surface area contributed by atoms with E-state index in [1.165, 1.54) is 0 Å². The second-order valence-corrected chi connectivity index (χ2v) is 2.99. The lowest BCUT2D eigenvalue weighted by molar-refractivity contribution is -0.122. The highest BCUT2D eigenvalue weighted by molar-refractivity contribution is 5.99. The summed E-state index contributed by atoms with van der Waals surface area (Å²) in [5.74, 6) is 1.02. The van der Waals surface area contributed by atoms with Crippen LogP contribution in [0.3, 0.4) is 0 Å². The molecule has 3 heteroatoms. The lowest BCUT2D eigenvalue weighted by Crippen LogP contribution is -2.43. The fourth-order valence-corrected chi connectivity index (χ4v) is 1.35. The average Bonchev–Trinajstić information content (AvgIpc) is 2.42. The van der Waals surface area contributed by atoms with Gasteiger partial charge in [-0.05, 0) is 24.3 Å². The molecule has 0 unspecified atom stereocenters. The number of anilines is 1. The van der Waals surface area contributed by atoms with E-state index < -0.39 is 0 Å². The third kappa shape index (κ3) is 4.10. The quantitative estimate of drug-likeness (QED) is 0.737. The molecule has 1 aromatic rings. The smallest absolute Gasteiger partial charge is 0.228 e. The first kappa shape index (κ1) is 15.5. The van der Waals surface area contributed by atoms with Crippen molar-refractivity contribution >= 4 is 11.6 Å². The second kappa shape index (κ2) is 8.62. The number of β-lactam (4-membered cyclic amide) rings is 1. The van der Waals surface area contributed by atoms with Gasteiger partial charge in [0.1, 0.15) is 5.75 Å². The van der Waals surface area contributed by atoms with Crippen molar-refractivity contribution in [1.82, 2.24) is 0 Å². The van der Waals surface area contributed by atoms with Gasteiger partial charge in [-0.1, -0.05) is 27.7 Å². The molecule has 0 N–H and O–H groups in total. The topological polar surface area (TPSA) is 29.5 Å². The Bertz CT molecular complexity index is 319. The Hall–Kier alpha value is -1.51. The maximum absolute atomic E-state index is 11.1.